The van der Waals surface area contributed by atoms with Gasteiger partial charge in [-0.2, -0.15) is 0 Å². The first kappa shape index (κ1) is 19.9. The molecule has 0 amide bonds. The molecule has 2 fully saturated rings. The largest absolute Gasteiger partial charge is 0.493 e. The highest BCUT2D eigenvalue weighted by atomic mass is 35.5. The number of hydrogen-bond donors (Lipinski definition) is 0. The minimum absolute atomic E-state index is 0.228. The maximum absolute atomic E-state index is 6.07. The van der Waals surface area contributed by atoms with Crippen LogP contribution in [0.1, 0.15) is 38.5 Å². The predicted molar refractivity (Wildman–Crippen MR) is 116 cm³/mol. The maximum Gasteiger partial charge on any atom is 0.119 e. The summed E-state index contributed by atoms with van der Waals surface area (Å²) in [6.45, 7) is 2.82. The number of hydrogen-bond acceptors (Lipinski definition) is 4. The van der Waals surface area contributed by atoms with Crippen LogP contribution in [0.25, 0.3) is 0 Å². The van der Waals surface area contributed by atoms with E-state index in [2.05, 4.69) is 28.6 Å². The first-order chi connectivity index (χ1) is 13.7. The van der Waals surface area contributed by atoms with Crippen LogP contribution in [-0.2, 0) is 0 Å². The first-order valence-electron chi connectivity index (χ1n) is 10.3. The van der Waals surface area contributed by atoms with Crippen molar-refractivity contribution in [3.63, 3.8) is 0 Å². The van der Waals surface area contributed by atoms with Crippen molar-refractivity contribution in [2.45, 2.75) is 49.5 Å². The van der Waals surface area contributed by atoms with Crippen LogP contribution < -0.4 is 9.47 Å². The Hall–Kier alpha value is -1.36. The van der Waals surface area contributed by atoms with Crippen LogP contribution in [0.3, 0.4) is 0 Å². The summed E-state index contributed by atoms with van der Waals surface area (Å²) in [5.41, 5.74) is 0. The highest BCUT2D eigenvalue weighted by Crippen LogP contribution is 2.30. The summed E-state index contributed by atoms with van der Waals surface area (Å²) in [5.74, 6) is 2.62. The Kier molecular flexibility index (Phi) is 7.05. The van der Waals surface area contributed by atoms with E-state index >= 15 is 0 Å². The number of ether oxygens (including phenoxy) is 2. The van der Waals surface area contributed by atoms with Gasteiger partial charge in [0.25, 0.3) is 0 Å². The summed E-state index contributed by atoms with van der Waals surface area (Å²) in [6, 6.07) is 16.1. The molecule has 1 atom stereocenters. The molecule has 0 bridgehead atoms. The molecule has 1 aliphatic heterocycles. The molecule has 1 heterocycles. The molecule has 4 rings (SSSR count). The fourth-order valence-corrected chi connectivity index (χ4v) is 5.02. The minimum Gasteiger partial charge on any atom is -0.493 e. The summed E-state index contributed by atoms with van der Waals surface area (Å²) in [4.78, 5) is 1.25. The SMILES string of the molecule is Clc1ccc(OC2CCN(Sc3ccc(OCC4CCCCC4)cc3)C2)cc1. The van der Waals surface area contributed by atoms with Crippen molar-refractivity contribution < 1.29 is 9.47 Å². The lowest BCUT2D eigenvalue weighted by atomic mass is 9.90. The Bertz CT molecular complexity index is 731. The second-order valence-electron chi connectivity index (χ2n) is 7.75. The van der Waals surface area contributed by atoms with E-state index in [1.165, 1.54) is 37.0 Å². The number of rotatable bonds is 7. The number of nitrogens with zero attached hydrogens (tertiary/aromatic N) is 1. The van der Waals surface area contributed by atoms with Gasteiger partial charge < -0.3 is 9.47 Å². The third-order valence-corrected chi connectivity index (χ3v) is 6.82. The zero-order valence-corrected chi connectivity index (χ0v) is 17.8. The van der Waals surface area contributed by atoms with Gasteiger partial charge in [0.15, 0.2) is 0 Å². The molecular weight excluding hydrogens is 390 g/mol. The molecule has 0 N–H and O–H groups in total. The van der Waals surface area contributed by atoms with E-state index in [0.29, 0.717) is 0 Å². The van der Waals surface area contributed by atoms with Gasteiger partial charge in [-0.15, -0.1) is 0 Å². The van der Waals surface area contributed by atoms with E-state index in [1.807, 2.05) is 24.3 Å². The van der Waals surface area contributed by atoms with E-state index in [4.69, 9.17) is 21.1 Å². The lowest BCUT2D eigenvalue weighted by molar-refractivity contribution is 0.208. The molecule has 5 heteroatoms. The molecule has 1 saturated carbocycles. The van der Waals surface area contributed by atoms with Gasteiger partial charge >= 0.3 is 0 Å². The summed E-state index contributed by atoms with van der Waals surface area (Å²) >= 11 is 7.74. The van der Waals surface area contributed by atoms with Gasteiger partial charge in [0.05, 0.1) is 6.61 Å². The summed E-state index contributed by atoms with van der Waals surface area (Å²) in [7, 11) is 0. The smallest absolute Gasteiger partial charge is 0.119 e. The standard InChI is InChI=1S/C23H28ClNO2S/c24-19-6-8-21(9-7-19)27-22-14-15-25(16-22)28-23-12-10-20(11-13-23)26-17-18-4-2-1-3-5-18/h6-13,18,22H,1-5,14-17H2. The van der Waals surface area contributed by atoms with Crippen LogP contribution in [-0.4, -0.2) is 30.1 Å². The van der Waals surface area contributed by atoms with Crippen molar-refractivity contribution in [3.8, 4) is 11.5 Å². The Labute approximate surface area is 177 Å². The molecule has 2 aliphatic rings. The van der Waals surface area contributed by atoms with Crippen LogP contribution in [0.2, 0.25) is 5.02 Å². The normalized spacial score (nSPS) is 21.0. The van der Waals surface area contributed by atoms with E-state index in [-0.39, 0.29) is 6.10 Å². The molecule has 0 spiro atoms. The fraction of sp³-hybridized carbons (Fsp3) is 0.478. The van der Waals surface area contributed by atoms with Crippen molar-refractivity contribution >= 4 is 23.5 Å². The predicted octanol–water partition coefficient (Wildman–Crippen LogP) is 6.46. The molecule has 1 saturated heterocycles. The Morgan fingerprint density at radius 2 is 1.61 bits per heavy atom. The second kappa shape index (κ2) is 9.91. The molecule has 28 heavy (non-hydrogen) atoms. The quantitative estimate of drug-likeness (QED) is 0.482. The van der Waals surface area contributed by atoms with Crippen LogP contribution >= 0.6 is 23.5 Å². The maximum atomic E-state index is 6.07. The molecule has 3 nitrogen and oxygen atoms in total. The summed E-state index contributed by atoms with van der Waals surface area (Å²) in [5, 5.41) is 0.738. The molecular formula is C23H28ClNO2S. The van der Waals surface area contributed by atoms with Crippen LogP contribution in [0.4, 0.5) is 0 Å². The lowest BCUT2D eigenvalue weighted by Crippen LogP contribution is -2.20. The van der Waals surface area contributed by atoms with Gasteiger partial charge in [0.1, 0.15) is 17.6 Å². The number of halogens is 1. The van der Waals surface area contributed by atoms with Gasteiger partial charge in [-0.25, -0.2) is 4.31 Å². The highest BCUT2D eigenvalue weighted by Gasteiger charge is 2.25. The third kappa shape index (κ3) is 5.82. The van der Waals surface area contributed by atoms with Crippen LogP contribution in [0.5, 0.6) is 11.5 Å². The summed E-state index contributed by atoms with van der Waals surface area (Å²) in [6.07, 6.45) is 8.03. The molecule has 2 aromatic rings. The van der Waals surface area contributed by atoms with Crippen molar-refractivity contribution in [2.24, 2.45) is 5.92 Å². The minimum atomic E-state index is 0.228. The van der Waals surface area contributed by atoms with Gasteiger partial charge in [-0.1, -0.05) is 30.9 Å². The average Bonchev–Trinajstić information content (AvgIpc) is 3.17. The topological polar surface area (TPSA) is 21.7 Å². The van der Waals surface area contributed by atoms with Gasteiger partial charge in [-0.3, -0.25) is 0 Å². The average molecular weight is 418 g/mol. The molecule has 1 unspecified atom stereocenters. The lowest BCUT2D eigenvalue weighted by Gasteiger charge is -2.21. The Morgan fingerprint density at radius 3 is 2.36 bits per heavy atom. The molecule has 1 aliphatic carbocycles. The Morgan fingerprint density at radius 1 is 0.893 bits per heavy atom. The third-order valence-electron chi connectivity index (χ3n) is 5.49. The monoisotopic (exact) mass is 417 g/mol. The molecule has 0 aromatic heterocycles. The van der Waals surface area contributed by atoms with E-state index in [1.54, 1.807) is 11.9 Å². The fourth-order valence-electron chi connectivity index (χ4n) is 3.90. The highest BCUT2D eigenvalue weighted by molar-refractivity contribution is 7.97. The molecule has 2 aromatic carbocycles. The Balaban J connectivity index is 1.21. The van der Waals surface area contributed by atoms with E-state index < -0.39 is 0 Å². The van der Waals surface area contributed by atoms with Crippen LogP contribution in [0.15, 0.2) is 53.4 Å². The zero-order valence-electron chi connectivity index (χ0n) is 16.2. The van der Waals surface area contributed by atoms with Gasteiger partial charge in [-0.05, 0) is 85.7 Å². The van der Waals surface area contributed by atoms with Crippen LogP contribution in [0, 0.1) is 5.92 Å². The van der Waals surface area contributed by atoms with E-state index in [9.17, 15) is 0 Å². The molecule has 0 radical (unpaired) electrons. The van der Waals surface area contributed by atoms with E-state index in [0.717, 1.165) is 48.6 Å². The second-order valence-corrected chi connectivity index (χ2v) is 9.35. The zero-order chi connectivity index (χ0) is 19.2. The van der Waals surface area contributed by atoms with Gasteiger partial charge in [0.2, 0.25) is 0 Å². The van der Waals surface area contributed by atoms with Crippen molar-refractivity contribution in [1.82, 2.24) is 4.31 Å². The van der Waals surface area contributed by atoms with Crippen molar-refractivity contribution in [1.29, 1.82) is 0 Å². The van der Waals surface area contributed by atoms with Crippen molar-refractivity contribution in [2.75, 3.05) is 19.7 Å². The van der Waals surface area contributed by atoms with Crippen molar-refractivity contribution in [3.05, 3.63) is 53.6 Å². The van der Waals surface area contributed by atoms with Gasteiger partial charge in [0, 0.05) is 23.0 Å². The first-order valence-corrected chi connectivity index (χ1v) is 11.5. The number of benzene rings is 2. The summed E-state index contributed by atoms with van der Waals surface area (Å²) < 4.78 is 14.5. The molecule has 150 valence electrons.